The molecule has 0 atom stereocenters. The number of hydrogen-bond acceptors (Lipinski definition) is 4. The van der Waals surface area contributed by atoms with E-state index in [-0.39, 0.29) is 0 Å². The molecular weight excluding hydrogens is 384 g/mol. The molecule has 0 unspecified atom stereocenters. The number of rotatable bonds is 5. The van der Waals surface area contributed by atoms with Crippen LogP contribution in [0.3, 0.4) is 0 Å². The second-order valence-corrected chi connectivity index (χ2v) is 8.30. The van der Waals surface area contributed by atoms with Crippen molar-refractivity contribution in [2.24, 2.45) is 0 Å². The van der Waals surface area contributed by atoms with Gasteiger partial charge in [0.2, 0.25) is 0 Å². The van der Waals surface area contributed by atoms with Gasteiger partial charge in [0.25, 0.3) is 0 Å². The summed E-state index contributed by atoms with van der Waals surface area (Å²) in [5.41, 5.74) is 5.93. The predicted octanol–water partition coefficient (Wildman–Crippen LogP) is 5.84. The summed E-state index contributed by atoms with van der Waals surface area (Å²) < 4.78 is 11.5. The first-order valence-corrected chi connectivity index (χ1v) is 11.0. The molecule has 0 saturated carbocycles. The average molecular weight is 413 g/mol. The number of benzene rings is 3. The van der Waals surface area contributed by atoms with Crippen LogP contribution in [0.1, 0.15) is 24.5 Å². The molecule has 1 aliphatic heterocycles. The summed E-state index contributed by atoms with van der Waals surface area (Å²) in [5, 5.41) is 3.87. The van der Waals surface area contributed by atoms with Crippen molar-refractivity contribution < 1.29 is 9.47 Å². The number of nitrogens with zero attached hydrogens (tertiary/aromatic N) is 2. The predicted molar refractivity (Wildman–Crippen MR) is 127 cm³/mol. The lowest BCUT2D eigenvalue weighted by Crippen LogP contribution is -2.27. The van der Waals surface area contributed by atoms with Crippen molar-refractivity contribution in [2.75, 3.05) is 27.3 Å². The van der Waals surface area contributed by atoms with Crippen molar-refractivity contribution in [1.82, 2.24) is 9.88 Å². The van der Waals surface area contributed by atoms with Gasteiger partial charge in [0, 0.05) is 24.0 Å². The van der Waals surface area contributed by atoms with E-state index < -0.39 is 0 Å². The van der Waals surface area contributed by atoms with E-state index in [0.29, 0.717) is 6.61 Å². The van der Waals surface area contributed by atoms with E-state index >= 15 is 0 Å². The number of fused-ring (bicyclic) bond motifs is 5. The summed E-state index contributed by atoms with van der Waals surface area (Å²) in [7, 11) is 3.88. The fourth-order valence-corrected chi connectivity index (χ4v) is 4.63. The average Bonchev–Trinajstić information content (AvgIpc) is 2.81. The van der Waals surface area contributed by atoms with Gasteiger partial charge in [-0.15, -0.1) is 0 Å². The highest BCUT2D eigenvalue weighted by atomic mass is 16.5. The summed E-state index contributed by atoms with van der Waals surface area (Å²) in [6.45, 7) is 4.73. The van der Waals surface area contributed by atoms with Gasteiger partial charge in [0.05, 0.1) is 24.9 Å². The molecule has 158 valence electrons. The Morgan fingerprint density at radius 1 is 1.00 bits per heavy atom. The van der Waals surface area contributed by atoms with Crippen molar-refractivity contribution in [3.63, 3.8) is 0 Å². The molecule has 0 bridgehead atoms. The largest absolute Gasteiger partial charge is 0.493 e. The van der Waals surface area contributed by atoms with Crippen LogP contribution in [0.5, 0.6) is 11.5 Å². The van der Waals surface area contributed by atoms with Crippen molar-refractivity contribution in [3.05, 3.63) is 65.7 Å². The highest BCUT2D eigenvalue weighted by Crippen LogP contribution is 2.39. The third-order valence-electron chi connectivity index (χ3n) is 6.16. The molecule has 0 aliphatic carbocycles. The summed E-state index contributed by atoms with van der Waals surface area (Å²) >= 11 is 0. The Morgan fingerprint density at radius 3 is 2.71 bits per heavy atom. The maximum Gasteiger partial charge on any atom is 0.161 e. The molecule has 0 saturated heterocycles. The first-order valence-electron chi connectivity index (χ1n) is 11.0. The monoisotopic (exact) mass is 412 g/mol. The molecule has 0 radical (unpaired) electrons. The van der Waals surface area contributed by atoms with Crippen LogP contribution >= 0.6 is 0 Å². The minimum absolute atomic E-state index is 0.678. The van der Waals surface area contributed by atoms with Crippen LogP contribution in [-0.4, -0.2) is 37.2 Å². The van der Waals surface area contributed by atoms with Gasteiger partial charge in [-0.05, 0) is 66.1 Å². The standard InChI is InChI=1S/C27H28N2O2/c1-4-15-31-24-12-10-19(16-25(24)30-3)27-22-17-29(2)14-13-21(22)26-20-8-6-5-7-18(20)9-11-23(26)28-27/h5-12,16H,4,13-15,17H2,1-3H3. The molecule has 4 nitrogen and oxygen atoms in total. The van der Waals surface area contributed by atoms with Gasteiger partial charge in [-0.3, -0.25) is 0 Å². The van der Waals surface area contributed by atoms with Crippen LogP contribution in [0.15, 0.2) is 54.6 Å². The smallest absolute Gasteiger partial charge is 0.161 e. The first kappa shape index (κ1) is 19.8. The van der Waals surface area contributed by atoms with Gasteiger partial charge in [0.1, 0.15) is 0 Å². The summed E-state index contributed by atoms with van der Waals surface area (Å²) in [5.74, 6) is 1.54. The van der Waals surface area contributed by atoms with Crippen LogP contribution in [0, 0.1) is 0 Å². The van der Waals surface area contributed by atoms with Gasteiger partial charge in [-0.1, -0.05) is 37.3 Å². The zero-order valence-electron chi connectivity index (χ0n) is 18.4. The molecule has 0 amide bonds. The molecule has 2 heterocycles. The molecule has 1 aliphatic rings. The van der Waals surface area contributed by atoms with Crippen LogP contribution < -0.4 is 9.47 Å². The van der Waals surface area contributed by atoms with Crippen molar-refractivity contribution in [1.29, 1.82) is 0 Å². The lowest BCUT2D eigenvalue weighted by molar-refractivity contribution is 0.294. The minimum atomic E-state index is 0.678. The number of aromatic nitrogens is 1. The van der Waals surface area contributed by atoms with E-state index in [1.165, 1.54) is 27.3 Å². The van der Waals surface area contributed by atoms with Gasteiger partial charge >= 0.3 is 0 Å². The zero-order valence-corrected chi connectivity index (χ0v) is 18.4. The highest BCUT2D eigenvalue weighted by molar-refractivity contribution is 6.09. The van der Waals surface area contributed by atoms with Gasteiger partial charge in [0.15, 0.2) is 11.5 Å². The van der Waals surface area contributed by atoms with Crippen LogP contribution in [-0.2, 0) is 13.0 Å². The Morgan fingerprint density at radius 2 is 1.87 bits per heavy atom. The van der Waals surface area contributed by atoms with Gasteiger partial charge in [-0.2, -0.15) is 0 Å². The van der Waals surface area contributed by atoms with E-state index in [9.17, 15) is 0 Å². The Kier molecular flexibility index (Phi) is 5.24. The second kappa shape index (κ2) is 8.20. The minimum Gasteiger partial charge on any atom is -0.493 e. The van der Waals surface area contributed by atoms with Crippen LogP contribution in [0.4, 0.5) is 0 Å². The lowest BCUT2D eigenvalue weighted by atomic mass is 9.89. The van der Waals surface area contributed by atoms with Crippen LogP contribution in [0.25, 0.3) is 32.9 Å². The topological polar surface area (TPSA) is 34.6 Å². The number of hydrogen-bond donors (Lipinski definition) is 0. The zero-order chi connectivity index (χ0) is 21.4. The molecule has 0 N–H and O–H groups in total. The molecule has 4 aromatic rings. The molecule has 4 heteroatoms. The van der Waals surface area contributed by atoms with Crippen LogP contribution in [0.2, 0.25) is 0 Å². The third kappa shape index (κ3) is 3.51. The van der Waals surface area contributed by atoms with Crippen molar-refractivity contribution in [2.45, 2.75) is 26.3 Å². The SMILES string of the molecule is CCCOc1ccc(-c2nc3ccc4ccccc4c3c3c2CN(C)CC3)cc1OC. The number of methoxy groups -OCH3 is 1. The Labute approximate surface area is 183 Å². The highest BCUT2D eigenvalue weighted by Gasteiger charge is 2.23. The molecule has 0 spiro atoms. The molecule has 31 heavy (non-hydrogen) atoms. The Bertz CT molecular complexity index is 1270. The molecule has 1 aromatic heterocycles. The van der Waals surface area contributed by atoms with E-state index in [1.807, 2.05) is 6.07 Å². The van der Waals surface area contributed by atoms with Gasteiger partial charge < -0.3 is 14.4 Å². The summed E-state index contributed by atoms with van der Waals surface area (Å²) in [6, 6.07) is 19.2. The van der Waals surface area contributed by atoms with Crippen molar-refractivity contribution in [3.8, 4) is 22.8 Å². The first-order chi connectivity index (χ1) is 15.2. The second-order valence-electron chi connectivity index (χ2n) is 8.30. The fraction of sp³-hybridized carbons (Fsp3) is 0.296. The maximum atomic E-state index is 5.86. The van der Waals surface area contributed by atoms with E-state index in [4.69, 9.17) is 14.5 Å². The number of pyridine rings is 1. The molecule has 3 aromatic carbocycles. The fourth-order valence-electron chi connectivity index (χ4n) is 4.63. The third-order valence-corrected chi connectivity index (χ3v) is 6.16. The maximum absolute atomic E-state index is 5.86. The van der Waals surface area contributed by atoms with Gasteiger partial charge in [-0.25, -0.2) is 4.98 Å². The lowest BCUT2D eigenvalue weighted by Gasteiger charge is -2.28. The Hall–Kier alpha value is -3.11. The summed E-state index contributed by atoms with van der Waals surface area (Å²) in [6.07, 6.45) is 1.99. The Balaban J connectivity index is 1.74. The van der Waals surface area contributed by atoms with Crippen molar-refractivity contribution >= 4 is 21.7 Å². The van der Waals surface area contributed by atoms with E-state index in [0.717, 1.165) is 54.2 Å². The molecule has 5 rings (SSSR count). The van der Waals surface area contributed by atoms with E-state index in [1.54, 1.807) is 7.11 Å². The summed E-state index contributed by atoms with van der Waals surface area (Å²) in [4.78, 5) is 7.56. The number of ether oxygens (including phenoxy) is 2. The van der Waals surface area contributed by atoms with E-state index in [2.05, 4.69) is 67.4 Å². The molecule has 0 fully saturated rings. The number of likely N-dealkylation sites (N-methyl/N-ethyl adjacent to an activating group) is 1. The molecular formula is C27H28N2O2. The normalized spacial score (nSPS) is 14.0. The quantitative estimate of drug-likeness (QED) is 0.386.